The summed E-state index contributed by atoms with van der Waals surface area (Å²) in [5.41, 5.74) is 9.07. The first-order chi connectivity index (χ1) is 21.3. The molecule has 3 fully saturated rings. The number of anilines is 2. The van der Waals surface area contributed by atoms with Gasteiger partial charge in [0.2, 0.25) is 0 Å². The lowest BCUT2D eigenvalue weighted by molar-refractivity contribution is -0.143. The molecule has 0 unspecified atom stereocenters. The normalized spacial score (nSPS) is 21.1. The second-order valence-corrected chi connectivity index (χ2v) is 13.7. The molecule has 0 radical (unpaired) electrons. The Hall–Kier alpha value is -3.06. The molecule has 238 valence electrons. The van der Waals surface area contributed by atoms with Gasteiger partial charge < -0.3 is 35.8 Å². The van der Waals surface area contributed by atoms with Crippen molar-refractivity contribution in [2.75, 3.05) is 63.4 Å². The summed E-state index contributed by atoms with van der Waals surface area (Å²) < 4.78 is 6.01. The first-order valence-electron chi connectivity index (χ1n) is 15.6. The molecule has 0 bridgehead atoms. The van der Waals surface area contributed by atoms with Crippen molar-refractivity contribution in [2.45, 2.75) is 63.8 Å². The quantitative estimate of drug-likeness (QED) is 0.410. The second-order valence-electron chi connectivity index (χ2n) is 12.3. The van der Waals surface area contributed by atoms with Gasteiger partial charge in [-0.3, -0.25) is 9.69 Å². The largest absolute Gasteiger partial charge is 0.436 e. The fourth-order valence-corrected chi connectivity index (χ4v) is 7.98. The minimum atomic E-state index is -0.977. The number of amides is 4. The van der Waals surface area contributed by atoms with E-state index in [1.807, 2.05) is 34.2 Å². The maximum absolute atomic E-state index is 13.9. The van der Waals surface area contributed by atoms with Crippen molar-refractivity contribution in [3.8, 4) is 0 Å². The van der Waals surface area contributed by atoms with Gasteiger partial charge in [-0.2, -0.15) is 0 Å². The topological polar surface area (TPSA) is 123 Å². The van der Waals surface area contributed by atoms with Crippen molar-refractivity contribution in [1.82, 2.24) is 24.9 Å². The standard InChI is InChI=1S/C31H42ClN7O4S/c1-20-16-21(17-24(32)28(20)33)18-26(29(40)37-13-11-36(12-14-37)22-2-7-34-8-3-22)43-31(42)38-9-4-23(5-10-38)39-19-27-25(6-15-44-27)35-30(39)41/h6,15-17,22-23,26,34H,2-5,7-14,18-19,33H2,1H3,(H,35,41)/t26-/m1/s1. The summed E-state index contributed by atoms with van der Waals surface area (Å²) in [6.45, 7) is 8.26. The van der Waals surface area contributed by atoms with Crippen molar-refractivity contribution in [3.05, 3.63) is 44.6 Å². The highest BCUT2D eigenvalue weighted by molar-refractivity contribution is 7.10. The summed E-state index contributed by atoms with van der Waals surface area (Å²) >= 11 is 8.01. The summed E-state index contributed by atoms with van der Waals surface area (Å²) in [5, 5.41) is 8.80. The van der Waals surface area contributed by atoms with Crippen LogP contribution in [0.5, 0.6) is 0 Å². The van der Waals surface area contributed by atoms with E-state index in [9.17, 15) is 14.4 Å². The fraction of sp³-hybridized carbons (Fsp3) is 0.581. The van der Waals surface area contributed by atoms with Gasteiger partial charge in [-0.1, -0.05) is 17.7 Å². The number of halogens is 1. The van der Waals surface area contributed by atoms with Gasteiger partial charge in [0, 0.05) is 62.7 Å². The van der Waals surface area contributed by atoms with Crippen LogP contribution in [0.25, 0.3) is 0 Å². The first-order valence-corrected chi connectivity index (χ1v) is 16.9. The van der Waals surface area contributed by atoms with Gasteiger partial charge in [0.15, 0.2) is 6.10 Å². The number of nitrogens with one attached hydrogen (secondary N) is 2. The molecule has 5 heterocycles. The average molecular weight is 644 g/mol. The number of nitrogen functional groups attached to an aromatic ring is 1. The van der Waals surface area contributed by atoms with E-state index < -0.39 is 12.2 Å². The smallest absolute Gasteiger partial charge is 0.410 e. The average Bonchev–Trinajstić information content (AvgIpc) is 3.50. The lowest BCUT2D eigenvalue weighted by atomic mass is 10.0. The van der Waals surface area contributed by atoms with E-state index in [4.69, 9.17) is 22.1 Å². The van der Waals surface area contributed by atoms with Gasteiger partial charge in [0.05, 0.1) is 22.9 Å². The predicted molar refractivity (Wildman–Crippen MR) is 172 cm³/mol. The summed E-state index contributed by atoms with van der Waals surface area (Å²) in [5.74, 6) is -0.180. The Morgan fingerprint density at radius 1 is 1.05 bits per heavy atom. The molecule has 11 nitrogen and oxygen atoms in total. The predicted octanol–water partition coefficient (Wildman–Crippen LogP) is 3.75. The van der Waals surface area contributed by atoms with Crippen molar-refractivity contribution < 1.29 is 19.1 Å². The van der Waals surface area contributed by atoms with Crippen molar-refractivity contribution in [1.29, 1.82) is 0 Å². The van der Waals surface area contributed by atoms with Gasteiger partial charge in [0.1, 0.15) is 0 Å². The molecule has 1 aromatic carbocycles. The number of nitrogens with zero attached hydrogens (tertiary/aromatic N) is 4. The number of aryl methyl sites for hydroxylation is 1. The van der Waals surface area contributed by atoms with Gasteiger partial charge in [-0.25, -0.2) is 9.59 Å². The van der Waals surface area contributed by atoms with Crippen LogP contribution in [-0.4, -0.2) is 108 Å². The summed E-state index contributed by atoms with van der Waals surface area (Å²) in [4.78, 5) is 49.1. The van der Waals surface area contributed by atoms with E-state index in [1.54, 1.807) is 22.3 Å². The second kappa shape index (κ2) is 13.5. The molecule has 4 N–H and O–H groups in total. The lowest BCUT2D eigenvalue weighted by Crippen LogP contribution is -2.56. The Kier molecular flexibility index (Phi) is 9.51. The Bertz CT molecular complexity index is 1340. The molecule has 3 saturated heterocycles. The zero-order valence-electron chi connectivity index (χ0n) is 25.2. The van der Waals surface area contributed by atoms with Gasteiger partial charge in [-0.05, 0) is 74.3 Å². The Morgan fingerprint density at radius 2 is 1.77 bits per heavy atom. The lowest BCUT2D eigenvalue weighted by Gasteiger charge is -2.42. The van der Waals surface area contributed by atoms with Crippen LogP contribution in [0.3, 0.4) is 0 Å². The summed E-state index contributed by atoms with van der Waals surface area (Å²) in [6.07, 6.45) is 2.28. The summed E-state index contributed by atoms with van der Waals surface area (Å²) in [7, 11) is 0. The molecule has 4 aliphatic heterocycles. The van der Waals surface area contributed by atoms with Crippen LogP contribution in [-0.2, 0) is 22.5 Å². The highest BCUT2D eigenvalue weighted by atomic mass is 35.5. The molecule has 4 aliphatic rings. The van der Waals surface area contributed by atoms with Gasteiger partial charge >= 0.3 is 12.1 Å². The molecule has 13 heteroatoms. The molecule has 1 atom stereocenters. The third-order valence-corrected chi connectivity index (χ3v) is 10.7. The van der Waals surface area contributed by atoms with E-state index in [-0.39, 0.29) is 24.4 Å². The fourth-order valence-electron chi connectivity index (χ4n) is 6.86. The van der Waals surface area contributed by atoms with Crippen LogP contribution in [0.2, 0.25) is 5.02 Å². The number of piperidine rings is 2. The summed E-state index contributed by atoms with van der Waals surface area (Å²) in [6, 6.07) is 6.07. The number of urea groups is 1. The number of thiophene rings is 1. The molecule has 1 aromatic heterocycles. The molecule has 6 rings (SSSR count). The highest BCUT2D eigenvalue weighted by Gasteiger charge is 2.36. The molecular weight excluding hydrogens is 602 g/mol. The first kappa shape index (κ1) is 30.9. The zero-order chi connectivity index (χ0) is 30.8. The minimum absolute atomic E-state index is 0.0304. The third-order valence-electron chi connectivity index (χ3n) is 9.51. The number of hydrogen-bond acceptors (Lipinski definition) is 8. The highest BCUT2D eigenvalue weighted by Crippen LogP contribution is 2.32. The molecule has 2 aromatic rings. The Labute approximate surface area is 267 Å². The molecule has 0 saturated carbocycles. The zero-order valence-corrected chi connectivity index (χ0v) is 26.8. The van der Waals surface area contributed by atoms with Gasteiger partial charge in [-0.15, -0.1) is 11.3 Å². The number of fused-ring (bicyclic) bond motifs is 1. The van der Waals surface area contributed by atoms with Crippen LogP contribution in [0, 0.1) is 6.92 Å². The number of rotatable bonds is 6. The Morgan fingerprint density at radius 3 is 2.48 bits per heavy atom. The van der Waals surface area contributed by atoms with Crippen LogP contribution in [0.15, 0.2) is 23.6 Å². The minimum Gasteiger partial charge on any atom is -0.436 e. The number of piperazine rings is 1. The van der Waals surface area contributed by atoms with Crippen LogP contribution in [0.1, 0.15) is 41.7 Å². The van der Waals surface area contributed by atoms with E-state index in [1.165, 1.54) is 0 Å². The van der Waals surface area contributed by atoms with E-state index >= 15 is 0 Å². The molecule has 0 spiro atoms. The molecule has 4 amide bonds. The van der Waals surface area contributed by atoms with Crippen LogP contribution >= 0.6 is 22.9 Å². The number of ether oxygens (including phenoxy) is 1. The van der Waals surface area contributed by atoms with E-state index in [2.05, 4.69) is 15.5 Å². The van der Waals surface area contributed by atoms with Gasteiger partial charge in [0.25, 0.3) is 5.91 Å². The molecular formula is C31H42ClN7O4S. The SMILES string of the molecule is Cc1cc(C[C@@H](OC(=O)N2CCC(N3Cc4sccc4NC3=O)CC2)C(=O)N2CCN(C3CCNCC3)CC2)cc(Cl)c1N. The van der Waals surface area contributed by atoms with Crippen molar-refractivity contribution >= 4 is 52.3 Å². The number of carbonyl (C=O) groups is 3. The van der Waals surface area contributed by atoms with E-state index in [0.717, 1.165) is 60.7 Å². The van der Waals surface area contributed by atoms with Crippen molar-refractivity contribution in [3.63, 3.8) is 0 Å². The number of benzene rings is 1. The van der Waals surface area contributed by atoms with Crippen LogP contribution in [0.4, 0.5) is 21.0 Å². The van der Waals surface area contributed by atoms with Crippen LogP contribution < -0.4 is 16.4 Å². The number of carbonyl (C=O) groups excluding carboxylic acids is 3. The number of nitrogens with two attached hydrogens (primary N) is 1. The molecule has 44 heavy (non-hydrogen) atoms. The number of hydrogen-bond donors (Lipinski definition) is 3. The van der Waals surface area contributed by atoms with E-state index in [0.29, 0.717) is 62.3 Å². The maximum atomic E-state index is 13.9. The monoisotopic (exact) mass is 643 g/mol. The van der Waals surface area contributed by atoms with Crippen molar-refractivity contribution in [2.24, 2.45) is 0 Å². The third kappa shape index (κ3) is 6.78. The molecule has 0 aliphatic carbocycles. The number of likely N-dealkylation sites (tertiary alicyclic amines) is 1. The Balaban J connectivity index is 1.09. The maximum Gasteiger partial charge on any atom is 0.410 e.